The van der Waals surface area contributed by atoms with E-state index in [9.17, 15) is 18.0 Å². The maximum absolute atomic E-state index is 12.4. The van der Waals surface area contributed by atoms with Crippen molar-refractivity contribution >= 4 is 50.8 Å². The number of sulfonamides is 1. The van der Waals surface area contributed by atoms with E-state index in [-0.39, 0.29) is 32.7 Å². The first-order valence-corrected chi connectivity index (χ1v) is 11.5. The zero-order valence-corrected chi connectivity index (χ0v) is 19.0. The van der Waals surface area contributed by atoms with Gasteiger partial charge >= 0.3 is 5.97 Å². The molecule has 3 aromatic rings. The lowest BCUT2D eigenvalue weighted by Gasteiger charge is -2.15. The largest absolute Gasteiger partial charge is 0.468 e. The van der Waals surface area contributed by atoms with Crippen LogP contribution in [-0.4, -0.2) is 26.4 Å². The fourth-order valence-corrected chi connectivity index (χ4v) is 3.89. The molecule has 2 aromatic carbocycles. The Labute approximate surface area is 194 Å². The van der Waals surface area contributed by atoms with Crippen LogP contribution in [0, 0.1) is 0 Å². The molecule has 0 aliphatic rings. The third-order valence-electron chi connectivity index (χ3n) is 4.28. The lowest BCUT2D eigenvalue weighted by Crippen LogP contribution is -2.30. The van der Waals surface area contributed by atoms with Crippen LogP contribution in [0.15, 0.2) is 70.2 Å². The minimum Gasteiger partial charge on any atom is -0.468 e. The molecule has 0 fully saturated rings. The van der Waals surface area contributed by atoms with Crippen molar-refractivity contribution in [1.29, 1.82) is 0 Å². The summed E-state index contributed by atoms with van der Waals surface area (Å²) >= 11 is 11.9. The Morgan fingerprint density at radius 1 is 1.06 bits per heavy atom. The second kappa shape index (κ2) is 10.2. The molecule has 0 bridgehead atoms. The predicted molar refractivity (Wildman–Crippen MR) is 119 cm³/mol. The van der Waals surface area contributed by atoms with E-state index in [0.29, 0.717) is 5.76 Å². The molecule has 1 aromatic heterocycles. The van der Waals surface area contributed by atoms with Gasteiger partial charge in [0, 0.05) is 0 Å². The van der Waals surface area contributed by atoms with E-state index in [4.69, 9.17) is 32.4 Å². The molecule has 1 unspecified atom stereocenters. The number of nitrogens with one attached hydrogen (secondary N) is 2. The van der Waals surface area contributed by atoms with Gasteiger partial charge in [-0.3, -0.25) is 4.79 Å². The van der Waals surface area contributed by atoms with Crippen LogP contribution >= 0.6 is 23.2 Å². The maximum Gasteiger partial charge on any atom is 0.338 e. The van der Waals surface area contributed by atoms with Gasteiger partial charge in [0.05, 0.1) is 39.0 Å². The Bertz CT molecular complexity index is 1210. The van der Waals surface area contributed by atoms with E-state index in [1.165, 1.54) is 37.5 Å². The first-order valence-electron chi connectivity index (χ1n) is 9.25. The molecule has 11 heteroatoms. The molecule has 168 valence electrons. The van der Waals surface area contributed by atoms with Gasteiger partial charge in [0.1, 0.15) is 5.76 Å². The molecule has 0 radical (unpaired) electrons. The lowest BCUT2D eigenvalue weighted by molar-refractivity contribution is -0.123. The second-order valence-electron chi connectivity index (χ2n) is 6.57. The van der Waals surface area contributed by atoms with Crippen molar-refractivity contribution in [2.45, 2.75) is 24.5 Å². The van der Waals surface area contributed by atoms with Gasteiger partial charge in [-0.2, -0.15) is 0 Å². The Balaban J connectivity index is 1.60. The molecular formula is C21H18Cl2N2O6S. The van der Waals surface area contributed by atoms with Gasteiger partial charge in [0.25, 0.3) is 5.91 Å². The number of carbonyl (C=O) groups is 2. The van der Waals surface area contributed by atoms with Crippen LogP contribution in [0.1, 0.15) is 23.0 Å². The molecule has 8 nitrogen and oxygen atoms in total. The number of halogens is 2. The number of amides is 1. The minimum atomic E-state index is -3.81. The molecule has 1 atom stereocenters. The van der Waals surface area contributed by atoms with Crippen LogP contribution in [0.5, 0.6) is 0 Å². The quantitative estimate of drug-likeness (QED) is 0.450. The zero-order valence-electron chi connectivity index (χ0n) is 16.7. The highest BCUT2D eigenvalue weighted by Gasteiger charge is 2.21. The number of esters is 1. The molecule has 0 spiro atoms. The van der Waals surface area contributed by atoms with Crippen molar-refractivity contribution in [3.63, 3.8) is 0 Å². The van der Waals surface area contributed by atoms with Crippen LogP contribution < -0.4 is 10.0 Å². The Morgan fingerprint density at radius 3 is 2.44 bits per heavy atom. The number of rotatable bonds is 8. The third-order valence-corrected chi connectivity index (χ3v) is 6.52. The number of benzene rings is 2. The molecule has 0 aliphatic heterocycles. The summed E-state index contributed by atoms with van der Waals surface area (Å²) in [5.74, 6) is -0.943. The molecule has 2 N–H and O–H groups in total. The molecule has 32 heavy (non-hydrogen) atoms. The van der Waals surface area contributed by atoms with Crippen molar-refractivity contribution in [3.8, 4) is 0 Å². The zero-order chi connectivity index (χ0) is 23.3. The topological polar surface area (TPSA) is 115 Å². The van der Waals surface area contributed by atoms with E-state index < -0.39 is 28.0 Å². The number of furan rings is 1. The minimum absolute atomic E-state index is 0.0115. The first kappa shape index (κ1) is 23.8. The van der Waals surface area contributed by atoms with Gasteiger partial charge in [0.2, 0.25) is 10.0 Å². The third kappa shape index (κ3) is 5.89. The fraction of sp³-hybridized carbons (Fsp3) is 0.143. The predicted octanol–water partition coefficient (Wildman–Crippen LogP) is 4.25. The Kier molecular flexibility index (Phi) is 7.57. The monoisotopic (exact) mass is 496 g/mol. The highest BCUT2D eigenvalue weighted by atomic mass is 35.5. The summed E-state index contributed by atoms with van der Waals surface area (Å²) in [5.41, 5.74) is 0.360. The summed E-state index contributed by atoms with van der Waals surface area (Å²) in [6.07, 6.45) is 0.297. The van der Waals surface area contributed by atoms with Gasteiger partial charge in [-0.25, -0.2) is 17.9 Å². The SMILES string of the molecule is CC(OC(=O)c1ccc(S(=O)(=O)NCc2ccco2)cc1)C(=O)Nc1cccc(Cl)c1Cl. The number of carbonyl (C=O) groups excluding carboxylic acids is 2. The number of ether oxygens (including phenoxy) is 1. The second-order valence-corrected chi connectivity index (χ2v) is 9.12. The van der Waals surface area contributed by atoms with E-state index in [1.807, 2.05) is 0 Å². The van der Waals surface area contributed by atoms with Crippen LogP contribution in [0.2, 0.25) is 10.0 Å². The number of hydrogen-bond donors (Lipinski definition) is 2. The summed E-state index contributed by atoms with van der Waals surface area (Å²) in [6, 6.07) is 13.1. The Hall–Kier alpha value is -2.85. The van der Waals surface area contributed by atoms with Crippen LogP contribution in [0.3, 0.4) is 0 Å². The fourth-order valence-electron chi connectivity index (χ4n) is 2.55. The van der Waals surface area contributed by atoms with Crippen molar-refractivity contribution < 1.29 is 27.2 Å². The highest BCUT2D eigenvalue weighted by Crippen LogP contribution is 2.29. The van der Waals surface area contributed by atoms with Crippen molar-refractivity contribution in [2.24, 2.45) is 0 Å². The molecule has 0 saturated heterocycles. The molecule has 1 amide bonds. The lowest BCUT2D eigenvalue weighted by atomic mass is 10.2. The van der Waals surface area contributed by atoms with Gasteiger partial charge in [0.15, 0.2) is 6.10 Å². The maximum atomic E-state index is 12.4. The molecule has 1 heterocycles. The van der Waals surface area contributed by atoms with Gasteiger partial charge in [-0.1, -0.05) is 29.3 Å². The molecule has 0 saturated carbocycles. The van der Waals surface area contributed by atoms with Gasteiger partial charge < -0.3 is 14.5 Å². The summed E-state index contributed by atoms with van der Waals surface area (Å²) < 4.78 is 37.4. The smallest absolute Gasteiger partial charge is 0.338 e. The average Bonchev–Trinajstić information content (AvgIpc) is 3.29. The van der Waals surface area contributed by atoms with Crippen molar-refractivity contribution in [1.82, 2.24) is 4.72 Å². The highest BCUT2D eigenvalue weighted by molar-refractivity contribution is 7.89. The average molecular weight is 497 g/mol. The van der Waals surface area contributed by atoms with E-state index in [0.717, 1.165) is 0 Å². The summed E-state index contributed by atoms with van der Waals surface area (Å²) in [6.45, 7) is 1.38. The Morgan fingerprint density at radius 2 is 1.78 bits per heavy atom. The summed E-state index contributed by atoms with van der Waals surface area (Å²) in [5, 5.41) is 2.97. The molecule has 0 aliphatic carbocycles. The molecular weight excluding hydrogens is 479 g/mol. The number of hydrogen-bond acceptors (Lipinski definition) is 6. The van der Waals surface area contributed by atoms with Crippen LogP contribution in [-0.2, 0) is 26.1 Å². The summed E-state index contributed by atoms with van der Waals surface area (Å²) in [4.78, 5) is 24.6. The van der Waals surface area contributed by atoms with Crippen molar-refractivity contribution in [2.75, 3.05) is 5.32 Å². The number of anilines is 1. The van der Waals surface area contributed by atoms with E-state index >= 15 is 0 Å². The van der Waals surface area contributed by atoms with E-state index in [2.05, 4.69) is 10.0 Å². The van der Waals surface area contributed by atoms with Gasteiger partial charge in [-0.05, 0) is 55.5 Å². The standard InChI is InChI=1S/C21H18Cl2N2O6S/c1-13(20(26)25-18-6-2-5-17(22)19(18)23)31-21(27)14-7-9-16(10-8-14)32(28,29)24-12-15-4-3-11-30-15/h2-11,13,24H,12H2,1H3,(H,25,26). The molecule has 3 rings (SSSR count). The normalized spacial score (nSPS) is 12.2. The van der Waals surface area contributed by atoms with Crippen LogP contribution in [0.4, 0.5) is 5.69 Å². The van der Waals surface area contributed by atoms with Crippen LogP contribution in [0.25, 0.3) is 0 Å². The first-order chi connectivity index (χ1) is 15.2. The van der Waals surface area contributed by atoms with Crippen molar-refractivity contribution in [3.05, 3.63) is 82.2 Å². The van der Waals surface area contributed by atoms with E-state index in [1.54, 1.807) is 30.3 Å². The van der Waals surface area contributed by atoms with Gasteiger partial charge in [-0.15, -0.1) is 0 Å². The summed E-state index contributed by atoms with van der Waals surface area (Å²) in [7, 11) is -3.81.